The summed E-state index contributed by atoms with van der Waals surface area (Å²) in [6.45, 7) is 1.43. The molecule has 5 nitrogen and oxygen atoms in total. The van der Waals surface area contributed by atoms with Crippen molar-refractivity contribution in [3.63, 3.8) is 0 Å². The van der Waals surface area contributed by atoms with Crippen LogP contribution in [0, 0.1) is 0 Å². The van der Waals surface area contributed by atoms with Gasteiger partial charge in [0.15, 0.2) is 0 Å². The Morgan fingerprint density at radius 3 is 2.06 bits per heavy atom. The first-order valence-electron chi connectivity index (χ1n) is 4.43. The number of nitrogens with zero attached hydrogens (tertiary/aromatic N) is 1. The predicted octanol–water partition coefficient (Wildman–Crippen LogP) is 0.0522. The van der Waals surface area contributed by atoms with Gasteiger partial charge in [0.05, 0.1) is 0 Å². The van der Waals surface area contributed by atoms with Crippen molar-refractivity contribution < 1.29 is 21.6 Å². The van der Waals surface area contributed by atoms with Crippen LogP contribution in [-0.4, -0.2) is 44.6 Å². The minimum atomic E-state index is -4.58. The van der Waals surface area contributed by atoms with E-state index >= 15 is 0 Å². The van der Waals surface area contributed by atoms with Crippen LogP contribution in [0.4, 0.5) is 13.2 Å². The molecule has 0 aliphatic rings. The lowest BCUT2D eigenvalue weighted by Crippen LogP contribution is -2.54. The first-order valence-corrected chi connectivity index (χ1v) is 5.87. The molecular weight excluding hydrogens is 247 g/mol. The second-order valence-corrected chi connectivity index (χ2v) is 5.71. The Balaban J connectivity index is 4.69. The molecule has 0 amide bonds. The van der Waals surface area contributed by atoms with Gasteiger partial charge < -0.3 is 5.73 Å². The van der Waals surface area contributed by atoms with E-state index < -0.39 is 28.5 Å². The van der Waals surface area contributed by atoms with Crippen molar-refractivity contribution in [3.05, 3.63) is 0 Å². The molecule has 0 aromatic heterocycles. The number of likely N-dealkylation sites (N-methyl/N-ethyl adjacent to an activating group) is 1. The van der Waals surface area contributed by atoms with Crippen molar-refractivity contribution in [2.45, 2.75) is 25.6 Å². The van der Waals surface area contributed by atoms with Gasteiger partial charge in [0.25, 0.3) is 10.2 Å². The molecule has 0 spiro atoms. The molecule has 0 fully saturated rings. The Bertz CT molecular complexity index is 326. The van der Waals surface area contributed by atoms with Crippen LogP contribution in [0.2, 0.25) is 0 Å². The summed E-state index contributed by atoms with van der Waals surface area (Å²) in [6, 6.07) is 0. The molecule has 16 heavy (non-hydrogen) atoms. The van der Waals surface area contributed by atoms with Crippen LogP contribution in [0.25, 0.3) is 0 Å². The van der Waals surface area contributed by atoms with Crippen LogP contribution >= 0.6 is 0 Å². The fourth-order valence-electron chi connectivity index (χ4n) is 0.724. The van der Waals surface area contributed by atoms with E-state index in [4.69, 9.17) is 5.73 Å². The van der Waals surface area contributed by atoms with E-state index in [2.05, 4.69) is 0 Å². The van der Waals surface area contributed by atoms with E-state index in [0.29, 0.717) is 0 Å². The SMILES string of the molecule is CN(C(C)(C)CN)S(=O)(=O)NCC(F)(F)F. The van der Waals surface area contributed by atoms with Crippen LogP contribution in [0.3, 0.4) is 0 Å². The van der Waals surface area contributed by atoms with E-state index in [0.717, 1.165) is 4.31 Å². The van der Waals surface area contributed by atoms with Gasteiger partial charge >= 0.3 is 6.18 Å². The highest BCUT2D eigenvalue weighted by atomic mass is 32.2. The second kappa shape index (κ2) is 4.86. The quantitative estimate of drug-likeness (QED) is 0.736. The molecule has 3 N–H and O–H groups in total. The Morgan fingerprint density at radius 1 is 1.31 bits per heavy atom. The zero-order valence-electron chi connectivity index (χ0n) is 9.30. The van der Waals surface area contributed by atoms with Gasteiger partial charge in [0, 0.05) is 19.1 Å². The maximum absolute atomic E-state index is 11.9. The summed E-state index contributed by atoms with van der Waals surface area (Å²) in [6.07, 6.45) is -4.58. The molecule has 98 valence electrons. The lowest BCUT2D eigenvalue weighted by atomic mass is 10.1. The van der Waals surface area contributed by atoms with E-state index in [1.807, 2.05) is 0 Å². The Hall–Kier alpha value is -0.380. The summed E-state index contributed by atoms with van der Waals surface area (Å²) in [5, 5.41) is 0. The van der Waals surface area contributed by atoms with Gasteiger partial charge in [0.2, 0.25) is 0 Å². The highest BCUT2D eigenvalue weighted by Crippen LogP contribution is 2.16. The van der Waals surface area contributed by atoms with Crippen molar-refractivity contribution >= 4 is 10.2 Å². The summed E-state index contributed by atoms with van der Waals surface area (Å²) in [7, 11) is -3.01. The first kappa shape index (κ1) is 15.6. The fourth-order valence-corrected chi connectivity index (χ4v) is 1.99. The monoisotopic (exact) mass is 263 g/mol. The van der Waals surface area contributed by atoms with E-state index in [1.54, 1.807) is 0 Å². The lowest BCUT2D eigenvalue weighted by Gasteiger charge is -2.33. The van der Waals surface area contributed by atoms with Crippen molar-refractivity contribution in [1.82, 2.24) is 9.03 Å². The average Bonchev–Trinajstić information content (AvgIpc) is 2.13. The number of nitrogens with one attached hydrogen (secondary N) is 1. The molecule has 0 unspecified atom stereocenters. The number of rotatable bonds is 5. The van der Waals surface area contributed by atoms with Crippen LogP contribution in [-0.2, 0) is 10.2 Å². The van der Waals surface area contributed by atoms with Crippen molar-refractivity contribution in [3.8, 4) is 0 Å². The minimum Gasteiger partial charge on any atom is -0.329 e. The number of hydrogen-bond donors (Lipinski definition) is 2. The van der Waals surface area contributed by atoms with Crippen LogP contribution in [0.15, 0.2) is 0 Å². The highest BCUT2D eigenvalue weighted by Gasteiger charge is 2.35. The molecule has 0 aliphatic carbocycles. The van der Waals surface area contributed by atoms with E-state index in [9.17, 15) is 21.6 Å². The van der Waals surface area contributed by atoms with Gasteiger partial charge in [-0.05, 0) is 13.8 Å². The lowest BCUT2D eigenvalue weighted by molar-refractivity contribution is -0.121. The summed E-state index contributed by atoms with van der Waals surface area (Å²) in [5.41, 5.74) is 4.38. The van der Waals surface area contributed by atoms with Gasteiger partial charge in [-0.25, -0.2) is 0 Å². The molecule has 0 heterocycles. The molecular formula is C7H16F3N3O2S. The molecule has 0 aromatic rings. The molecule has 0 aromatic carbocycles. The number of hydrogen-bond acceptors (Lipinski definition) is 3. The molecule has 0 saturated carbocycles. The summed E-state index contributed by atoms with van der Waals surface area (Å²) in [4.78, 5) is 0. The van der Waals surface area contributed by atoms with Crippen LogP contribution in [0.5, 0.6) is 0 Å². The largest absolute Gasteiger partial charge is 0.402 e. The molecule has 0 atom stereocenters. The normalized spacial score (nSPS) is 14.5. The Kier molecular flexibility index (Phi) is 4.75. The predicted molar refractivity (Wildman–Crippen MR) is 53.9 cm³/mol. The van der Waals surface area contributed by atoms with Gasteiger partial charge in [-0.15, -0.1) is 0 Å². The van der Waals surface area contributed by atoms with Gasteiger partial charge in [-0.1, -0.05) is 0 Å². The third-order valence-corrected chi connectivity index (χ3v) is 3.89. The summed E-state index contributed by atoms with van der Waals surface area (Å²) in [5.74, 6) is 0. The van der Waals surface area contributed by atoms with Crippen molar-refractivity contribution in [2.75, 3.05) is 20.1 Å². The Morgan fingerprint density at radius 2 is 1.75 bits per heavy atom. The summed E-state index contributed by atoms with van der Waals surface area (Å²) < 4.78 is 60.7. The fraction of sp³-hybridized carbons (Fsp3) is 1.00. The smallest absolute Gasteiger partial charge is 0.329 e. The number of nitrogens with two attached hydrogens (primary N) is 1. The van der Waals surface area contributed by atoms with Gasteiger partial charge in [-0.2, -0.15) is 30.6 Å². The second-order valence-electron chi connectivity index (χ2n) is 3.93. The van der Waals surface area contributed by atoms with Crippen LogP contribution < -0.4 is 10.5 Å². The van der Waals surface area contributed by atoms with Crippen molar-refractivity contribution in [2.24, 2.45) is 5.73 Å². The maximum Gasteiger partial charge on any atom is 0.402 e. The molecule has 0 radical (unpaired) electrons. The topological polar surface area (TPSA) is 75.4 Å². The summed E-state index contributed by atoms with van der Waals surface area (Å²) >= 11 is 0. The number of halogens is 3. The van der Waals surface area contributed by atoms with Gasteiger partial charge in [0.1, 0.15) is 6.54 Å². The minimum absolute atomic E-state index is 0.00354. The maximum atomic E-state index is 11.9. The molecule has 0 bridgehead atoms. The highest BCUT2D eigenvalue weighted by molar-refractivity contribution is 7.87. The zero-order valence-corrected chi connectivity index (χ0v) is 10.1. The molecule has 0 rings (SSSR count). The molecule has 0 saturated heterocycles. The molecule has 9 heteroatoms. The third-order valence-electron chi connectivity index (χ3n) is 2.17. The standard InChI is InChI=1S/C7H16F3N3O2S/c1-6(2,4-11)13(3)16(14,15)12-5-7(8,9)10/h12H,4-5,11H2,1-3H3. The zero-order chi connectivity index (χ0) is 13.2. The average molecular weight is 263 g/mol. The Labute approximate surface area is 93.0 Å². The van der Waals surface area contributed by atoms with Crippen molar-refractivity contribution in [1.29, 1.82) is 0 Å². The van der Waals surface area contributed by atoms with Gasteiger partial charge in [-0.3, -0.25) is 0 Å². The number of alkyl halides is 3. The third kappa shape index (κ3) is 4.64. The van der Waals surface area contributed by atoms with Crippen LogP contribution in [0.1, 0.15) is 13.8 Å². The van der Waals surface area contributed by atoms with E-state index in [-0.39, 0.29) is 6.54 Å². The first-order chi connectivity index (χ1) is 6.92. The van der Waals surface area contributed by atoms with E-state index in [1.165, 1.54) is 25.6 Å². The molecule has 0 aliphatic heterocycles.